The summed E-state index contributed by atoms with van der Waals surface area (Å²) in [6.07, 6.45) is 4.60. The Bertz CT molecular complexity index is 1350. The largest absolute Gasteiger partial charge is 0.355 e. The Morgan fingerprint density at radius 1 is 1.18 bits per heavy atom. The maximum absolute atomic E-state index is 14.2. The first-order valence-electron chi connectivity index (χ1n) is 10.7. The fourth-order valence-electron chi connectivity index (χ4n) is 4.72. The monoisotopic (exact) mass is 448 g/mol. The number of rotatable bonds is 4. The van der Waals surface area contributed by atoms with Crippen molar-refractivity contribution in [2.45, 2.75) is 25.3 Å². The van der Waals surface area contributed by atoms with Gasteiger partial charge in [-0.15, -0.1) is 0 Å². The van der Waals surface area contributed by atoms with Crippen LogP contribution < -0.4 is 0 Å². The van der Waals surface area contributed by atoms with Crippen LogP contribution in [0.15, 0.2) is 65.4 Å². The maximum Gasteiger partial charge on any atom is 0.276 e. The molecule has 1 aliphatic heterocycles. The van der Waals surface area contributed by atoms with Crippen LogP contribution in [-0.4, -0.2) is 32.3 Å². The van der Waals surface area contributed by atoms with E-state index in [2.05, 4.69) is 23.2 Å². The van der Waals surface area contributed by atoms with E-state index in [1.807, 2.05) is 37.6 Å². The van der Waals surface area contributed by atoms with Gasteiger partial charge in [-0.3, -0.25) is 9.48 Å². The molecule has 0 radical (unpaired) electrons. The number of aryl methyl sites for hydroxylation is 1. The third kappa shape index (κ3) is 3.51. The Kier molecular flexibility index (Phi) is 5.08. The SMILES string of the molecule is CCC1(c2cnn(C)c2)CN(C(=O)c2cc(-c3ccc(F)cc3F)on2)Cc2ccccc21. The lowest BCUT2D eigenvalue weighted by Gasteiger charge is -2.43. The van der Waals surface area contributed by atoms with E-state index in [9.17, 15) is 13.6 Å². The zero-order chi connectivity index (χ0) is 23.2. The number of nitrogens with zero attached hydrogens (tertiary/aromatic N) is 4. The van der Waals surface area contributed by atoms with Crippen LogP contribution in [0.5, 0.6) is 0 Å². The molecule has 0 fully saturated rings. The lowest BCUT2D eigenvalue weighted by molar-refractivity contribution is 0.0675. The Morgan fingerprint density at radius 2 is 2.00 bits per heavy atom. The van der Waals surface area contributed by atoms with Crippen LogP contribution in [0.25, 0.3) is 11.3 Å². The van der Waals surface area contributed by atoms with Gasteiger partial charge in [-0.25, -0.2) is 8.78 Å². The second-order valence-electron chi connectivity index (χ2n) is 8.36. The molecule has 2 aromatic carbocycles. The normalized spacial score (nSPS) is 17.8. The van der Waals surface area contributed by atoms with Gasteiger partial charge in [-0.2, -0.15) is 5.10 Å². The number of hydrogen-bond donors (Lipinski definition) is 0. The summed E-state index contributed by atoms with van der Waals surface area (Å²) in [6, 6.07) is 12.7. The zero-order valence-corrected chi connectivity index (χ0v) is 18.3. The summed E-state index contributed by atoms with van der Waals surface area (Å²) >= 11 is 0. The molecule has 6 nitrogen and oxygen atoms in total. The van der Waals surface area contributed by atoms with Crippen LogP contribution in [-0.2, 0) is 19.0 Å². The number of halogens is 2. The molecule has 0 saturated carbocycles. The summed E-state index contributed by atoms with van der Waals surface area (Å²) in [5.74, 6) is -1.71. The van der Waals surface area contributed by atoms with Crippen LogP contribution >= 0.6 is 0 Å². The van der Waals surface area contributed by atoms with E-state index < -0.39 is 17.0 Å². The number of carbonyl (C=O) groups excluding carboxylic acids is 1. The first-order valence-corrected chi connectivity index (χ1v) is 10.7. The van der Waals surface area contributed by atoms with Crippen LogP contribution in [0.4, 0.5) is 8.78 Å². The van der Waals surface area contributed by atoms with Gasteiger partial charge in [0.05, 0.1) is 11.8 Å². The number of carbonyl (C=O) groups is 1. The van der Waals surface area contributed by atoms with Gasteiger partial charge in [0.2, 0.25) is 0 Å². The van der Waals surface area contributed by atoms with E-state index >= 15 is 0 Å². The predicted octanol–water partition coefficient (Wildman–Crippen LogP) is 4.71. The van der Waals surface area contributed by atoms with Gasteiger partial charge in [0.1, 0.15) is 11.6 Å². The Hall–Kier alpha value is -3.81. The smallest absolute Gasteiger partial charge is 0.276 e. The molecule has 33 heavy (non-hydrogen) atoms. The Balaban J connectivity index is 1.52. The summed E-state index contributed by atoms with van der Waals surface area (Å²) < 4.78 is 34.4. The molecule has 0 saturated heterocycles. The molecular weight excluding hydrogens is 426 g/mol. The van der Waals surface area contributed by atoms with Crippen molar-refractivity contribution in [3.63, 3.8) is 0 Å². The molecule has 3 heterocycles. The summed E-state index contributed by atoms with van der Waals surface area (Å²) in [7, 11) is 1.87. The van der Waals surface area contributed by atoms with Gasteiger partial charge in [0.25, 0.3) is 5.91 Å². The number of amides is 1. The highest BCUT2D eigenvalue weighted by Crippen LogP contribution is 2.42. The topological polar surface area (TPSA) is 64.2 Å². The molecule has 1 atom stereocenters. The van der Waals surface area contributed by atoms with Crippen molar-refractivity contribution in [2.75, 3.05) is 6.54 Å². The summed E-state index contributed by atoms with van der Waals surface area (Å²) in [4.78, 5) is 15.2. The molecule has 168 valence electrons. The number of aromatic nitrogens is 3. The second kappa shape index (κ2) is 7.95. The van der Waals surface area contributed by atoms with E-state index in [-0.39, 0.29) is 22.9 Å². The van der Waals surface area contributed by atoms with Crippen LogP contribution in [0.2, 0.25) is 0 Å². The first-order chi connectivity index (χ1) is 15.9. The van der Waals surface area contributed by atoms with Gasteiger partial charge in [-0.05, 0) is 29.7 Å². The molecule has 4 aromatic rings. The van der Waals surface area contributed by atoms with Crippen LogP contribution in [0, 0.1) is 11.6 Å². The summed E-state index contributed by atoms with van der Waals surface area (Å²) in [6.45, 7) is 2.96. The average Bonchev–Trinajstić information content (AvgIpc) is 3.47. The van der Waals surface area contributed by atoms with E-state index in [4.69, 9.17) is 4.52 Å². The fourth-order valence-corrected chi connectivity index (χ4v) is 4.72. The highest BCUT2D eigenvalue weighted by atomic mass is 19.1. The van der Waals surface area contributed by atoms with Gasteiger partial charge in [-0.1, -0.05) is 36.3 Å². The van der Waals surface area contributed by atoms with Crippen molar-refractivity contribution in [2.24, 2.45) is 7.05 Å². The second-order valence-corrected chi connectivity index (χ2v) is 8.36. The molecule has 0 spiro atoms. The Morgan fingerprint density at radius 3 is 2.73 bits per heavy atom. The Labute approximate surface area is 189 Å². The average molecular weight is 448 g/mol. The van der Waals surface area contributed by atoms with Gasteiger partial charge in [0, 0.05) is 49.4 Å². The van der Waals surface area contributed by atoms with Crippen molar-refractivity contribution >= 4 is 5.91 Å². The van der Waals surface area contributed by atoms with Crippen molar-refractivity contribution in [1.29, 1.82) is 0 Å². The molecule has 0 bridgehead atoms. The number of benzene rings is 2. The number of hydrogen-bond acceptors (Lipinski definition) is 4. The van der Waals surface area contributed by atoms with Gasteiger partial charge >= 0.3 is 0 Å². The summed E-state index contributed by atoms with van der Waals surface area (Å²) in [5, 5.41) is 8.26. The maximum atomic E-state index is 14.2. The fraction of sp³-hybridized carbons (Fsp3) is 0.240. The molecular formula is C25H22F2N4O2. The van der Waals surface area contributed by atoms with Crippen LogP contribution in [0.1, 0.15) is 40.5 Å². The minimum Gasteiger partial charge on any atom is -0.355 e. The molecule has 0 aliphatic carbocycles. The van der Waals surface area contributed by atoms with Crippen molar-refractivity contribution in [1.82, 2.24) is 19.8 Å². The van der Waals surface area contributed by atoms with E-state index in [0.29, 0.717) is 13.1 Å². The van der Waals surface area contributed by atoms with Crippen molar-refractivity contribution < 1.29 is 18.1 Å². The predicted molar refractivity (Wildman–Crippen MR) is 117 cm³/mol. The van der Waals surface area contributed by atoms with Gasteiger partial charge < -0.3 is 9.42 Å². The van der Waals surface area contributed by atoms with E-state index in [1.165, 1.54) is 17.7 Å². The molecule has 1 aliphatic rings. The molecule has 5 rings (SSSR count). The molecule has 8 heteroatoms. The highest BCUT2D eigenvalue weighted by molar-refractivity contribution is 5.93. The molecule has 0 N–H and O–H groups in total. The highest BCUT2D eigenvalue weighted by Gasteiger charge is 2.42. The van der Waals surface area contributed by atoms with E-state index in [1.54, 1.807) is 9.58 Å². The lowest BCUT2D eigenvalue weighted by atomic mass is 9.69. The lowest BCUT2D eigenvalue weighted by Crippen LogP contribution is -2.48. The molecule has 1 amide bonds. The quantitative estimate of drug-likeness (QED) is 0.454. The van der Waals surface area contributed by atoms with Crippen LogP contribution in [0.3, 0.4) is 0 Å². The minimum absolute atomic E-state index is 0.0465. The summed E-state index contributed by atoms with van der Waals surface area (Å²) in [5.41, 5.74) is 2.96. The van der Waals surface area contributed by atoms with Crippen molar-refractivity contribution in [3.05, 3.63) is 94.9 Å². The molecule has 1 unspecified atom stereocenters. The van der Waals surface area contributed by atoms with Crippen molar-refractivity contribution in [3.8, 4) is 11.3 Å². The zero-order valence-electron chi connectivity index (χ0n) is 18.3. The number of fused-ring (bicyclic) bond motifs is 1. The standard InChI is InChI=1S/C25H22F2N4O2/c1-3-25(17-12-28-30(2)14-17)15-31(13-16-6-4-5-7-20(16)25)24(32)22-11-23(33-29-22)19-9-8-18(26)10-21(19)27/h4-12,14H,3,13,15H2,1-2H3. The van der Waals surface area contributed by atoms with Gasteiger partial charge in [0.15, 0.2) is 11.5 Å². The third-order valence-corrected chi connectivity index (χ3v) is 6.43. The minimum atomic E-state index is -0.779. The first kappa shape index (κ1) is 21.1. The third-order valence-electron chi connectivity index (χ3n) is 6.43. The van der Waals surface area contributed by atoms with E-state index in [0.717, 1.165) is 29.7 Å². The molecule has 2 aromatic heterocycles.